The number of halogens is 2. The molecule has 3 aromatic rings. The zero-order valence-electron chi connectivity index (χ0n) is 13.0. The van der Waals surface area contributed by atoms with Gasteiger partial charge in [0.2, 0.25) is 0 Å². The van der Waals surface area contributed by atoms with Gasteiger partial charge in [-0.25, -0.2) is 8.78 Å². The molecule has 0 radical (unpaired) electrons. The summed E-state index contributed by atoms with van der Waals surface area (Å²) in [7, 11) is 0. The Morgan fingerprint density at radius 1 is 0.958 bits per heavy atom. The lowest BCUT2D eigenvalue weighted by Crippen LogP contribution is -2.28. The molecule has 1 aromatic heterocycles. The van der Waals surface area contributed by atoms with Gasteiger partial charge in [0.05, 0.1) is 6.04 Å². The first-order valence-electron chi connectivity index (χ1n) is 7.54. The molecule has 3 rings (SSSR count). The van der Waals surface area contributed by atoms with Crippen molar-refractivity contribution in [2.24, 2.45) is 0 Å². The minimum absolute atomic E-state index is 0.379. The predicted octanol–water partition coefficient (Wildman–Crippen LogP) is 4.25. The summed E-state index contributed by atoms with van der Waals surface area (Å²) in [6.07, 6.45) is 3.86. The molecule has 0 saturated carbocycles. The first-order chi connectivity index (χ1) is 11.6. The van der Waals surface area contributed by atoms with Gasteiger partial charge in [-0.2, -0.15) is 0 Å². The van der Waals surface area contributed by atoms with Crippen molar-refractivity contribution in [3.63, 3.8) is 0 Å². The molecule has 1 heterocycles. The van der Waals surface area contributed by atoms with Crippen molar-refractivity contribution in [3.8, 4) is 5.69 Å². The van der Waals surface area contributed by atoms with Gasteiger partial charge < -0.3 is 9.88 Å². The van der Waals surface area contributed by atoms with Gasteiger partial charge in [0, 0.05) is 18.1 Å². The molecule has 122 valence electrons. The lowest BCUT2D eigenvalue weighted by molar-refractivity contribution is 0.0931. The number of amides is 1. The van der Waals surface area contributed by atoms with Gasteiger partial charge >= 0.3 is 0 Å². The van der Waals surface area contributed by atoms with Gasteiger partial charge in [-0.15, -0.1) is 0 Å². The van der Waals surface area contributed by atoms with Crippen LogP contribution in [0.1, 0.15) is 28.9 Å². The molecule has 0 bridgehead atoms. The molecule has 0 aliphatic heterocycles. The Bertz CT molecular complexity index is 822. The Labute approximate surface area is 138 Å². The van der Waals surface area contributed by atoms with E-state index >= 15 is 0 Å². The Morgan fingerprint density at radius 3 is 2.12 bits per heavy atom. The number of benzene rings is 2. The van der Waals surface area contributed by atoms with E-state index in [1.54, 1.807) is 6.92 Å². The van der Waals surface area contributed by atoms with E-state index < -0.39 is 23.1 Å². The van der Waals surface area contributed by atoms with E-state index in [2.05, 4.69) is 5.32 Å². The molecule has 0 aliphatic carbocycles. The fourth-order valence-electron chi connectivity index (χ4n) is 2.51. The highest BCUT2D eigenvalue weighted by Gasteiger charge is 2.19. The number of carbonyl (C=O) groups is 1. The molecule has 0 saturated heterocycles. The second kappa shape index (κ2) is 6.66. The SMILES string of the molecule is CC(NC(=O)c1c(F)cccc1F)c1ccc(-n2cccc2)cc1. The number of rotatable bonds is 4. The Kier molecular flexibility index (Phi) is 4.42. The van der Waals surface area contributed by atoms with Crippen LogP contribution in [0.3, 0.4) is 0 Å². The minimum atomic E-state index is -0.873. The number of nitrogens with one attached hydrogen (secondary N) is 1. The van der Waals surface area contributed by atoms with Crippen molar-refractivity contribution in [1.29, 1.82) is 0 Å². The van der Waals surface area contributed by atoms with Crippen molar-refractivity contribution in [2.45, 2.75) is 13.0 Å². The largest absolute Gasteiger partial charge is 0.345 e. The van der Waals surface area contributed by atoms with Crippen molar-refractivity contribution in [2.75, 3.05) is 0 Å². The molecule has 1 unspecified atom stereocenters. The summed E-state index contributed by atoms with van der Waals surface area (Å²) in [5.41, 5.74) is 1.27. The lowest BCUT2D eigenvalue weighted by Gasteiger charge is -2.15. The highest BCUT2D eigenvalue weighted by Crippen LogP contribution is 2.18. The first-order valence-corrected chi connectivity index (χ1v) is 7.54. The smallest absolute Gasteiger partial charge is 0.257 e. The first kappa shape index (κ1) is 15.9. The quantitative estimate of drug-likeness (QED) is 0.764. The van der Waals surface area contributed by atoms with Crippen molar-refractivity contribution >= 4 is 5.91 Å². The fourth-order valence-corrected chi connectivity index (χ4v) is 2.51. The molecule has 0 aliphatic rings. The topological polar surface area (TPSA) is 34.0 Å². The molecule has 3 nitrogen and oxygen atoms in total. The van der Waals surface area contributed by atoms with Crippen molar-refractivity contribution in [1.82, 2.24) is 9.88 Å². The minimum Gasteiger partial charge on any atom is -0.345 e. The zero-order valence-corrected chi connectivity index (χ0v) is 13.0. The molecule has 0 fully saturated rings. The highest BCUT2D eigenvalue weighted by molar-refractivity contribution is 5.95. The van der Waals surface area contributed by atoms with Crippen LogP contribution in [0.15, 0.2) is 67.0 Å². The molecule has 1 amide bonds. The number of aromatic nitrogens is 1. The van der Waals surface area contributed by atoms with Gasteiger partial charge in [0.1, 0.15) is 17.2 Å². The van der Waals surface area contributed by atoms with Crippen LogP contribution < -0.4 is 5.32 Å². The predicted molar refractivity (Wildman–Crippen MR) is 88.0 cm³/mol. The van der Waals surface area contributed by atoms with Gasteiger partial charge in [-0.1, -0.05) is 18.2 Å². The molecule has 2 aromatic carbocycles. The second-order valence-corrected chi connectivity index (χ2v) is 5.47. The third-order valence-electron chi connectivity index (χ3n) is 3.83. The van der Waals surface area contributed by atoms with Gasteiger partial charge in [0.25, 0.3) is 5.91 Å². The second-order valence-electron chi connectivity index (χ2n) is 5.47. The number of hydrogen-bond acceptors (Lipinski definition) is 1. The van der Waals surface area contributed by atoms with Crippen LogP contribution in [0.5, 0.6) is 0 Å². The van der Waals surface area contributed by atoms with Crippen LogP contribution in [0.2, 0.25) is 0 Å². The molecule has 1 N–H and O–H groups in total. The van der Waals surface area contributed by atoms with Crippen LogP contribution in [0, 0.1) is 11.6 Å². The molecule has 0 spiro atoms. The normalized spacial score (nSPS) is 12.0. The zero-order chi connectivity index (χ0) is 17.1. The Balaban J connectivity index is 1.75. The summed E-state index contributed by atoms with van der Waals surface area (Å²) in [5, 5.41) is 2.62. The van der Waals surface area contributed by atoms with E-state index in [4.69, 9.17) is 0 Å². The standard InChI is InChI=1S/C19H16F2N2O/c1-13(22-19(24)18-16(20)5-4-6-17(18)21)14-7-9-15(10-8-14)23-11-2-3-12-23/h2-13H,1H3,(H,22,24). The van der Waals surface area contributed by atoms with Crippen molar-refractivity contribution in [3.05, 3.63) is 89.8 Å². The van der Waals surface area contributed by atoms with Crippen LogP contribution in [-0.2, 0) is 0 Å². The van der Waals surface area contributed by atoms with Gasteiger partial charge in [-0.3, -0.25) is 4.79 Å². The maximum Gasteiger partial charge on any atom is 0.257 e. The summed E-state index contributed by atoms with van der Waals surface area (Å²) >= 11 is 0. The summed E-state index contributed by atoms with van der Waals surface area (Å²) < 4.78 is 29.3. The summed E-state index contributed by atoms with van der Waals surface area (Å²) in [6.45, 7) is 1.77. The molecular weight excluding hydrogens is 310 g/mol. The number of hydrogen-bond donors (Lipinski definition) is 1. The van der Waals surface area contributed by atoms with E-state index in [9.17, 15) is 13.6 Å². The Morgan fingerprint density at radius 2 is 1.54 bits per heavy atom. The lowest BCUT2D eigenvalue weighted by atomic mass is 10.1. The van der Waals surface area contributed by atoms with Crippen LogP contribution in [0.4, 0.5) is 8.78 Å². The molecular formula is C19H16F2N2O. The van der Waals surface area contributed by atoms with E-state index in [1.807, 2.05) is 53.4 Å². The molecule has 1 atom stereocenters. The van der Waals surface area contributed by atoms with E-state index in [1.165, 1.54) is 6.07 Å². The van der Waals surface area contributed by atoms with Gasteiger partial charge in [-0.05, 0) is 48.9 Å². The molecule has 24 heavy (non-hydrogen) atoms. The third-order valence-corrected chi connectivity index (χ3v) is 3.83. The number of carbonyl (C=O) groups excluding carboxylic acids is 1. The van der Waals surface area contributed by atoms with Crippen LogP contribution >= 0.6 is 0 Å². The maximum absolute atomic E-state index is 13.7. The average molecular weight is 326 g/mol. The number of nitrogens with zero attached hydrogens (tertiary/aromatic N) is 1. The maximum atomic E-state index is 13.7. The monoisotopic (exact) mass is 326 g/mol. The van der Waals surface area contributed by atoms with Crippen LogP contribution in [0.25, 0.3) is 5.69 Å². The van der Waals surface area contributed by atoms with Gasteiger partial charge in [0.15, 0.2) is 0 Å². The van der Waals surface area contributed by atoms with Crippen molar-refractivity contribution < 1.29 is 13.6 Å². The summed E-state index contributed by atoms with van der Waals surface area (Å²) in [6, 6.07) is 14.4. The molecule has 5 heteroatoms. The van der Waals surface area contributed by atoms with E-state index in [-0.39, 0.29) is 6.04 Å². The highest BCUT2D eigenvalue weighted by atomic mass is 19.1. The Hall–Kier alpha value is -2.95. The fraction of sp³-hybridized carbons (Fsp3) is 0.105. The van der Waals surface area contributed by atoms with Crippen LogP contribution in [-0.4, -0.2) is 10.5 Å². The summed E-state index contributed by atoms with van der Waals surface area (Å²) in [5.74, 6) is -2.52. The summed E-state index contributed by atoms with van der Waals surface area (Å²) in [4.78, 5) is 12.1. The van der Waals surface area contributed by atoms with E-state index in [0.717, 1.165) is 23.4 Å². The average Bonchev–Trinajstić information content (AvgIpc) is 3.09. The third kappa shape index (κ3) is 3.20. The van der Waals surface area contributed by atoms with E-state index in [0.29, 0.717) is 0 Å².